The quantitative estimate of drug-likeness (QED) is 0.668. The van der Waals surface area contributed by atoms with Crippen molar-refractivity contribution in [3.8, 4) is 10.6 Å². The molecule has 3 aromatic heterocycles. The van der Waals surface area contributed by atoms with Crippen LogP contribution >= 0.6 is 34.0 Å². The monoisotopic (exact) mass is 346 g/mol. The van der Waals surface area contributed by atoms with Crippen LogP contribution in [0.2, 0.25) is 0 Å². The van der Waals surface area contributed by atoms with Crippen molar-refractivity contribution in [2.24, 2.45) is 0 Å². The zero-order valence-electron chi connectivity index (χ0n) is 11.8. The molecule has 4 rings (SSSR count). The molecule has 0 spiro atoms. The summed E-state index contributed by atoms with van der Waals surface area (Å²) in [5.41, 5.74) is 1.68. The lowest BCUT2D eigenvalue weighted by Gasteiger charge is -2.20. The van der Waals surface area contributed by atoms with E-state index in [2.05, 4.69) is 21.8 Å². The van der Waals surface area contributed by atoms with Gasteiger partial charge in [0.2, 0.25) is 0 Å². The lowest BCUT2D eigenvalue weighted by molar-refractivity contribution is 0.0726. The molecule has 3 nitrogen and oxygen atoms in total. The summed E-state index contributed by atoms with van der Waals surface area (Å²) in [6, 6.07) is 6.56. The second kappa shape index (κ2) is 5.95. The molecule has 3 aromatic rings. The maximum atomic E-state index is 12.8. The Balaban J connectivity index is 1.56. The van der Waals surface area contributed by atoms with Crippen LogP contribution in [0.4, 0.5) is 0 Å². The molecule has 22 heavy (non-hydrogen) atoms. The first-order valence-electron chi connectivity index (χ1n) is 7.13. The largest absolute Gasteiger partial charge is 0.329 e. The minimum absolute atomic E-state index is 0.0635. The summed E-state index contributed by atoms with van der Waals surface area (Å²) >= 11 is 4.89. The Morgan fingerprint density at radius 3 is 2.82 bits per heavy atom. The average Bonchev–Trinajstić information content (AvgIpc) is 3.01. The van der Waals surface area contributed by atoms with Gasteiger partial charge in [0.05, 0.1) is 6.54 Å². The van der Waals surface area contributed by atoms with Crippen LogP contribution in [-0.2, 0) is 6.54 Å². The SMILES string of the molecule is O=C(c1csc(-c2ccsc2)n1)N(Cc1cccs1)C1CC1. The normalized spacial score (nSPS) is 14.2. The fourth-order valence-corrected chi connectivity index (χ4v) is 4.57. The first kappa shape index (κ1) is 14.1. The van der Waals surface area contributed by atoms with Crippen LogP contribution in [0.1, 0.15) is 28.2 Å². The van der Waals surface area contributed by atoms with E-state index < -0.39 is 0 Å². The summed E-state index contributed by atoms with van der Waals surface area (Å²) in [6.07, 6.45) is 2.22. The predicted octanol–water partition coefficient (Wildman–Crippen LogP) is 4.74. The van der Waals surface area contributed by atoms with E-state index in [-0.39, 0.29) is 5.91 Å². The molecule has 0 aromatic carbocycles. The van der Waals surface area contributed by atoms with Gasteiger partial charge in [-0.1, -0.05) is 6.07 Å². The van der Waals surface area contributed by atoms with E-state index in [0.29, 0.717) is 18.3 Å². The molecule has 1 amide bonds. The summed E-state index contributed by atoms with van der Waals surface area (Å²) in [5, 5.41) is 8.97. The topological polar surface area (TPSA) is 33.2 Å². The third-order valence-corrected chi connectivity index (χ3v) is 6.08. The number of rotatable bonds is 5. The molecule has 0 radical (unpaired) electrons. The standard InChI is InChI=1S/C16H14N2OS3/c19-16(14-10-22-15(17-14)11-5-7-20-9-11)18(12-3-4-12)8-13-2-1-6-21-13/h1-2,5-7,9-10,12H,3-4,8H2. The minimum Gasteiger partial charge on any atom is -0.329 e. The molecular formula is C16H14N2OS3. The van der Waals surface area contributed by atoms with Crippen molar-refractivity contribution in [2.75, 3.05) is 0 Å². The van der Waals surface area contributed by atoms with E-state index in [1.807, 2.05) is 27.8 Å². The van der Waals surface area contributed by atoms with Crippen LogP contribution in [0.25, 0.3) is 10.6 Å². The van der Waals surface area contributed by atoms with Gasteiger partial charge in [-0.2, -0.15) is 11.3 Å². The van der Waals surface area contributed by atoms with E-state index in [1.165, 1.54) is 4.88 Å². The van der Waals surface area contributed by atoms with E-state index in [9.17, 15) is 4.79 Å². The lowest BCUT2D eigenvalue weighted by atomic mass is 10.3. The molecule has 0 saturated heterocycles. The van der Waals surface area contributed by atoms with Crippen molar-refractivity contribution in [1.82, 2.24) is 9.88 Å². The van der Waals surface area contributed by atoms with Gasteiger partial charge in [-0.05, 0) is 35.7 Å². The summed E-state index contributed by atoms with van der Waals surface area (Å²) in [4.78, 5) is 20.6. The Bertz CT molecular complexity index is 757. The fraction of sp³-hybridized carbons (Fsp3) is 0.250. The van der Waals surface area contributed by atoms with Crippen LogP contribution < -0.4 is 0 Å². The van der Waals surface area contributed by atoms with Crippen molar-refractivity contribution >= 4 is 39.9 Å². The zero-order chi connectivity index (χ0) is 14.9. The molecule has 1 aliphatic rings. The van der Waals surface area contributed by atoms with E-state index in [0.717, 1.165) is 23.4 Å². The molecule has 3 heterocycles. The number of carbonyl (C=O) groups is 1. The Morgan fingerprint density at radius 1 is 1.23 bits per heavy atom. The molecule has 1 saturated carbocycles. The number of hydrogen-bond donors (Lipinski definition) is 0. The van der Waals surface area contributed by atoms with Gasteiger partial charge in [0, 0.05) is 27.2 Å². The van der Waals surface area contributed by atoms with E-state index in [1.54, 1.807) is 34.0 Å². The van der Waals surface area contributed by atoms with Gasteiger partial charge < -0.3 is 4.90 Å². The molecular weight excluding hydrogens is 332 g/mol. The molecule has 0 unspecified atom stereocenters. The molecule has 1 fully saturated rings. The summed E-state index contributed by atoms with van der Waals surface area (Å²) < 4.78 is 0. The van der Waals surface area contributed by atoms with Crippen LogP contribution in [-0.4, -0.2) is 21.8 Å². The molecule has 0 atom stereocenters. The maximum absolute atomic E-state index is 12.8. The van der Waals surface area contributed by atoms with Crippen LogP contribution in [0.15, 0.2) is 39.7 Å². The highest BCUT2D eigenvalue weighted by Gasteiger charge is 2.34. The smallest absolute Gasteiger partial charge is 0.273 e. The summed E-state index contributed by atoms with van der Waals surface area (Å²) in [7, 11) is 0. The minimum atomic E-state index is 0.0635. The number of amides is 1. The van der Waals surface area contributed by atoms with Crippen LogP contribution in [0.5, 0.6) is 0 Å². The van der Waals surface area contributed by atoms with Crippen molar-refractivity contribution in [3.05, 3.63) is 50.3 Å². The summed E-state index contributed by atoms with van der Waals surface area (Å²) in [6.45, 7) is 0.701. The summed E-state index contributed by atoms with van der Waals surface area (Å²) in [5.74, 6) is 0.0635. The molecule has 1 aliphatic carbocycles. The Labute approximate surface area is 140 Å². The van der Waals surface area contributed by atoms with Crippen molar-refractivity contribution in [2.45, 2.75) is 25.4 Å². The number of thiophene rings is 2. The second-order valence-electron chi connectivity index (χ2n) is 5.29. The highest BCUT2D eigenvalue weighted by Crippen LogP contribution is 2.32. The van der Waals surface area contributed by atoms with Crippen molar-refractivity contribution in [3.63, 3.8) is 0 Å². The van der Waals surface area contributed by atoms with E-state index in [4.69, 9.17) is 0 Å². The van der Waals surface area contributed by atoms with Crippen LogP contribution in [0.3, 0.4) is 0 Å². The van der Waals surface area contributed by atoms with Gasteiger partial charge in [-0.25, -0.2) is 4.98 Å². The van der Waals surface area contributed by atoms with Gasteiger partial charge in [-0.3, -0.25) is 4.79 Å². The molecule has 0 aliphatic heterocycles. The molecule has 6 heteroatoms. The molecule has 0 N–H and O–H groups in total. The zero-order valence-corrected chi connectivity index (χ0v) is 14.2. The number of hydrogen-bond acceptors (Lipinski definition) is 5. The first-order chi connectivity index (χ1) is 10.8. The van der Waals surface area contributed by atoms with Gasteiger partial charge in [-0.15, -0.1) is 22.7 Å². The second-order valence-corrected chi connectivity index (χ2v) is 7.96. The first-order valence-corrected chi connectivity index (χ1v) is 9.83. The van der Waals surface area contributed by atoms with Gasteiger partial charge in [0.25, 0.3) is 5.91 Å². The third-order valence-electron chi connectivity index (χ3n) is 3.65. The highest BCUT2D eigenvalue weighted by atomic mass is 32.1. The molecule has 112 valence electrons. The average molecular weight is 347 g/mol. The highest BCUT2D eigenvalue weighted by molar-refractivity contribution is 7.14. The number of nitrogens with zero attached hydrogens (tertiary/aromatic N) is 2. The van der Waals surface area contributed by atoms with Gasteiger partial charge in [0.15, 0.2) is 0 Å². The number of carbonyl (C=O) groups excluding carboxylic acids is 1. The number of aromatic nitrogens is 1. The van der Waals surface area contributed by atoms with Gasteiger partial charge in [0.1, 0.15) is 10.7 Å². The fourth-order valence-electron chi connectivity index (χ4n) is 2.36. The van der Waals surface area contributed by atoms with Gasteiger partial charge >= 0.3 is 0 Å². The van der Waals surface area contributed by atoms with Crippen molar-refractivity contribution < 1.29 is 4.79 Å². The Morgan fingerprint density at radius 2 is 2.14 bits per heavy atom. The third kappa shape index (κ3) is 2.86. The number of thiazole rings is 1. The predicted molar refractivity (Wildman–Crippen MR) is 92.6 cm³/mol. The Kier molecular flexibility index (Phi) is 3.82. The van der Waals surface area contributed by atoms with E-state index >= 15 is 0 Å². The molecule has 0 bridgehead atoms. The maximum Gasteiger partial charge on any atom is 0.273 e. The van der Waals surface area contributed by atoms with Crippen molar-refractivity contribution in [1.29, 1.82) is 0 Å². The Hall–Kier alpha value is -1.50. The lowest BCUT2D eigenvalue weighted by Crippen LogP contribution is -2.32. The van der Waals surface area contributed by atoms with Crippen LogP contribution in [0, 0.1) is 0 Å².